The number of hydrogen-bond donors (Lipinski definition) is 3. The van der Waals surface area contributed by atoms with Crippen LogP contribution in [-0.4, -0.2) is 34.5 Å². The Labute approximate surface area is 130 Å². The molecule has 0 aromatic carbocycles. The van der Waals surface area contributed by atoms with Crippen molar-refractivity contribution in [3.05, 3.63) is 23.3 Å². The summed E-state index contributed by atoms with van der Waals surface area (Å²) >= 11 is 1.33. The van der Waals surface area contributed by atoms with Gasteiger partial charge in [0.05, 0.1) is 18.2 Å². The van der Waals surface area contributed by atoms with Crippen LogP contribution in [0.15, 0.2) is 17.6 Å². The number of anilines is 1. The molecule has 3 heterocycles. The summed E-state index contributed by atoms with van der Waals surface area (Å²) in [5, 5.41) is 5.12. The average molecular weight is 320 g/mol. The highest BCUT2D eigenvalue weighted by atomic mass is 32.1. The minimum Gasteiger partial charge on any atom is -0.378 e. The predicted octanol–water partition coefficient (Wildman–Crippen LogP) is 1.74. The molecule has 0 aliphatic carbocycles. The van der Waals surface area contributed by atoms with Gasteiger partial charge in [0.1, 0.15) is 5.69 Å². The molecule has 2 aromatic rings. The maximum absolute atomic E-state index is 11.9. The Balaban J connectivity index is 1.62. The van der Waals surface area contributed by atoms with E-state index in [9.17, 15) is 9.59 Å². The molecule has 0 spiro atoms. The van der Waals surface area contributed by atoms with Gasteiger partial charge in [-0.1, -0.05) is 0 Å². The molecule has 0 saturated carbocycles. The van der Waals surface area contributed by atoms with E-state index < -0.39 is 5.91 Å². The zero-order valence-corrected chi connectivity index (χ0v) is 12.6. The summed E-state index contributed by atoms with van der Waals surface area (Å²) < 4.78 is 5.44. The fraction of sp³-hybridized carbons (Fsp3) is 0.357. The first-order valence-electron chi connectivity index (χ1n) is 6.97. The summed E-state index contributed by atoms with van der Waals surface area (Å²) in [5.41, 5.74) is 6.96. The molecule has 116 valence electrons. The molecule has 1 saturated heterocycles. The Hall–Kier alpha value is -2.19. The molecule has 1 fully saturated rings. The molecule has 1 aliphatic heterocycles. The average Bonchev–Trinajstić information content (AvgIpc) is 3.18. The molecule has 7 nitrogen and oxygen atoms in total. The standard InChI is InChI=1S/C14H16N4O3S/c15-13(20)10-4-8(6-16-10)11-7-22-14(17-11)18-12(19)5-9-2-1-3-21-9/h4,6-7,9,16H,1-3,5H2,(H2,15,20)(H,17,18,19)/t9-/m1/s1. The van der Waals surface area contributed by atoms with Crippen LogP contribution < -0.4 is 11.1 Å². The Bertz CT molecular complexity index is 688. The lowest BCUT2D eigenvalue weighted by molar-refractivity contribution is -0.118. The maximum Gasteiger partial charge on any atom is 0.265 e. The highest BCUT2D eigenvalue weighted by molar-refractivity contribution is 7.14. The van der Waals surface area contributed by atoms with E-state index in [-0.39, 0.29) is 12.0 Å². The van der Waals surface area contributed by atoms with E-state index >= 15 is 0 Å². The third-order valence-corrected chi connectivity index (χ3v) is 4.19. The molecule has 0 unspecified atom stereocenters. The molecular weight excluding hydrogens is 304 g/mol. The molecule has 0 bridgehead atoms. The van der Waals surface area contributed by atoms with Gasteiger partial charge in [0.25, 0.3) is 5.91 Å². The monoisotopic (exact) mass is 320 g/mol. The molecule has 8 heteroatoms. The van der Waals surface area contributed by atoms with Crippen LogP contribution >= 0.6 is 11.3 Å². The first-order chi connectivity index (χ1) is 10.6. The number of primary amides is 1. The maximum atomic E-state index is 11.9. The number of nitrogens with zero attached hydrogens (tertiary/aromatic N) is 1. The molecule has 4 N–H and O–H groups in total. The van der Waals surface area contributed by atoms with E-state index in [2.05, 4.69) is 15.3 Å². The van der Waals surface area contributed by atoms with Gasteiger partial charge >= 0.3 is 0 Å². The van der Waals surface area contributed by atoms with Gasteiger partial charge in [0.15, 0.2) is 5.13 Å². The van der Waals surface area contributed by atoms with Crippen molar-refractivity contribution in [2.24, 2.45) is 5.73 Å². The van der Waals surface area contributed by atoms with Crippen LogP contribution in [0.5, 0.6) is 0 Å². The fourth-order valence-electron chi connectivity index (χ4n) is 2.33. The van der Waals surface area contributed by atoms with Gasteiger partial charge < -0.3 is 20.8 Å². The van der Waals surface area contributed by atoms with Crippen LogP contribution in [-0.2, 0) is 9.53 Å². The van der Waals surface area contributed by atoms with Gasteiger partial charge in [-0.2, -0.15) is 0 Å². The van der Waals surface area contributed by atoms with Crippen LogP contribution in [0.25, 0.3) is 11.3 Å². The number of aromatic amines is 1. The van der Waals surface area contributed by atoms with Crippen molar-refractivity contribution in [1.29, 1.82) is 0 Å². The second-order valence-electron chi connectivity index (χ2n) is 5.09. The Morgan fingerprint density at radius 2 is 2.41 bits per heavy atom. The van der Waals surface area contributed by atoms with E-state index in [0.717, 1.165) is 25.0 Å². The third-order valence-electron chi connectivity index (χ3n) is 3.43. The number of thiazole rings is 1. The third kappa shape index (κ3) is 3.34. The summed E-state index contributed by atoms with van der Waals surface area (Å²) in [7, 11) is 0. The topological polar surface area (TPSA) is 110 Å². The predicted molar refractivity (Wildman–Crippen MR) is 82.6 cm³/mol. The molecule has 22 heavy (non-hydrogen) atoms. The zero-order valence-electron chi connectivity index (χ0n) is 11.8. The quantitative estimate of drug-likeness (QED) is 0.779. The largest absolute Gasteiger partial charge is 0.378 e. The van der Waals surface area contributed by atoms with Crippen LogP contribution in [0.2, 0.25) is 0 Å². The molecular formula is C14H16N4O3S. The highest BCUT2D eigenvalue weighted by Crippen LogP contribution is 2.26. The lowest BCUT2D eigenvalue weighted by Gasteiger charge is -2.07. The SMILES string of the molecule is NC(=O)c1cc(-c2csc(NC(=O)C[C@H]3CCCO3)n2)c[nH]1. The van der Waals surface area contributed by atoms with Crippen molar-refractivity contribution >= 4 is 28.3 Å². The van der Waals surface area contributed by atoms with Crippen molar-refractivity contribution in [2.75, 3.05) is 11.9 Å². The second kappa shape index (κ2) is 6.29. The van der Waals surface area contributed by atoms with Gasteiger partial charge in [-0.3, -0.25) is 9.59 Å². The molecule has 3 rings (SSSR count). The molecule has 2 aromatic heterocycles. The van der Waals surface area contributed by atoms with E-state index in [1.54, 1.807) is 12.3 Å². The van der Waals surface area contributed by atoms with Crippen LogP contribution in [0, 0.1) is 0 Å². The first kappa shape index (κ1) is 14.7. The zero-order chi connectivity index (χ0) is 15.5. The Kier molecular flexibility index (Phi) is 4.21. The van der Waals surface area contributed by atoms with Crippen molar-refractivity contribution in [3.63, 3.8) is 0 Å². The Morgan fingerprint density at radius 3 is 3.09 bits per heavy atom. The molecule has 1 atom stereocenters. The van der Waals surface area contributed by atoms with Crippen LogP contribution in [0.1, 0.15) is 29.8 Å². The fourth-order valence-corrected chi connectivity index (χ4v) is 3.07. The number of ether oxygens (including phenoxy) is 1. The lowest BCUT2D eigenvalue weighted by atomic mass is 10.2. The molecule has 0 radical (unpaired) electrons. The summed E-state index contributed by atoms with van der Waals surface area (Å²) in [5.74, 6) is -0.619. The number of carbonyl (C=O) groups excluding carboxylic acids is 2. The summed E-state index contributed by atoms with van der Waals surface area (Å²) in [6.45, 7) is 0.731. The Morgan fingerprint density at radius 1 is 1.55 bits per heavy atom. The van der Waals surface area contributed by atoms with Gasteiger partial charge in [-0.05, 0) is 18.9 Å². The number of nitrogens with one attached hydrogen (secondary N) is 2. The minimum absolute atomic E-state index is 0.0160. The van der Waals surface area contributed by atoms with Gasteiger partial charge in [-0.25, -0.2) is 4.98 Å². The summed E-state index contributed by atoms with van der Waals surface area (Å²) in [6, 6.07) is 1.63. The highest BCUT2D eigenvalue weighted by Gasteiger charge is 2.19. The molecule has 2 amide bonds. The number of amides is 2. The van der Waals surface area contributed by atoms with E-state index in [0.29, 0.717) is 22.9 Å². The van der Waals surface area contributed by atoms with Crippen LogP contribution in [0.4, 0.5) is 5.13 Å². The van der Waals surface area contributed by atoms with Crippen LogP contribution in [0.3, 0.4) is 0 Å². The number of carbonyl (C=O) groups is 2. The van der Waals surface area contributed by atoms with Gasteiger partial charge in [0, 0.05) is 23.7 Å². The minimum atomic E-state index is -0.522. The van der Waals surface area contributed by atoms with Gasteiger partial charge in [-0.15, -0.1) is 11.3 Å². The van der Waals surface area contributed by atoms with Crippen molar-refractivity contribution in [3.8, 4) is 11.3 Å². The van der Waals surface area contributed by atoms with Crippen molar-refractivity contribution in [2.45, 2.75) is 25.4 Å². The van der Waals surface area contributed by atoms with Crippen molar-refractivity contribution < 1.29 is 14.3 Å². The normalized spacial score (nSPS) is 17.5. The number of hydrogen-bond acceptors (Lipinski definition) is 5. The van der Waals surface area contributed by atoms with E-state index in [1.165, 1.54) is 11.3 Å². The van der Waals surface area contributed by atoms with E-state index in [4.69, 9.17) is 10.5 Å². The smallest absolute Gasteiger partial charge is 0.265 e. The number of aromatic nitrogens is 2. The summed E-state index contributed by atoms with van der Waals surface area (Å²) in [6.07, 6.45) is 3.96. The lowest BCUT2D eigenvalue weighted by Crippen LogP contribution is -2.19. The second-order valence-corrected chi connectivity index (χ2v) is 5.95. The van der Waals surface area contributed by atoms with E-state index in [1.807, 2.05) is 5.38 Å². The van der Waals surface area contributed by atoms with Gasteiger partial charge in [0.2, 0.25) is 5.91 Å². The number of nitrogens with two attached hydrogens (primary N) is 1. The number of rotatable bonds is 5. The number of H-pyrrole nitrogens is 1. The molecule has 1 aliphatic rings. The van der Waals surface area contributed by atoms with Crippen molar-refractivity contribution in [1.82, 2.24) is 9.97 Å². The first-order valence-corrected chi connectivity index (χ1v) is 7.85. The summed E-state index contributed by atoms with van der Waals surface area (Å²) in [4.78, 5) is 30.1.